The van der Waals surface area contributed by atoms with Gasteiger partial charge in [-0.1, -0.05) is 6.07 Å². The van der Waals surface area contributed by atoms with Crippen LogP contribution in [0.4, 0.5) is 11.4 Å². The summed E-state index contributed by atoms with van der Waals surface area (Å²) >= 11 is 0. The molecular formula is C45H53N11O5. The lowest BCUT2D eigenvalue weighted by Gasteiger charge is -2.46. The van der Waals surface area contributed by atoms with Gasteiger partial charge < -0.3 is 36.0 Å². The van der Waals surface area contributed by atoms with Gasteiger partial charge in [0.1, 0.15) is 18.0 Å². The molecule has 5 N–H and O–H groups in total. The van der Waals surface area contributed by atoms with E-state index in [0.717, 1.165) is 88.1 Å². The first-order chi connectivity index (χ1) is 29.4. The number of nitriles is 1. The van der Waals surface area contributed by atoms with Gasteiger partial charge >= 0.3 is 0 Å². The van der Waals surface area contributed by atoms with E-state index >= 15 is 0 Å². The van der Waals surface area contributed by atoms with Crippen LogP contribution in [0.5, 0.6) is 0 Å². The van der Waals surface area contributed by atoms with Crippen LogP contribution in [0.25, 0.3) is 16.4 Å². The Hall–Kier alpha value is -5.86. The summed E-state index contributed by atoms with van der Waals surface area (Å²) in [5.74, 6) is -0.252. The largest absolute Gasteiger partial charge is 0.386 e. The van der Waals surface area contributed by atoms with E-state index in [1.807, 2.05) is 30.3 Å². The summed E-state index contributed by atoms with van der Waals surface area (Å²) in [4.78, 5) is 45.6. The standard InChI is InChI=1S/C45H53N11O5/c1-45(2,61)36-21-38-31(20-39(36)49-44(60)40-12-10-35-18-28(22-46)23-47-56(35)40)27-55(51-38)33-8-6-32(7-9-33)53-16-14-52(15-17-53)24-29-25-54(26-29)34-5-3-4-30(19-34)42(58)48-37-11-13-41(57)50-43(37)59/h3-5,10,12,18-21,23,27,29,32-33,37,43,59,61H,6-9,11,13-17,24-26H2,1-2H3,(H,48,58)(H,49,60)(H,50,57)/t32?,33?,37-,43?/m0/s1. The van der Waals surface area contributed by atoms with Crippen molar-refractivity contribution < 1.29 is 24.6 Å². The molecule has 61 heavy (non-hydrogen) atoms. The molecule has 2 atom stereocenters. The van der Waals surface area contributed by atoms with E-state index in [4.69, 9.17) is 5.10 Å². The van der Waals surface area contributed by atoms with Crippen LogP contribution in [-0.2, 0) is 10.4 Å². The highest BCUT2D eigenvalue weighted by atomic mass is 16.3. The molecule has 1 unspecified atom stereocenters. The molecule has 16 heteroatoms. The van der Waals surface area contributed by atoms with Gasteiger partial charge in [0.05, 0.1) is 40.5 Å². The topological polar surface area (TPSA) is 196 Å². The van der Waals surface area contributed by atoms with Crippen LogP contribution in [-0.4, -0.2) is 121 Å². The van der Waals surface area contributed by atoms with Gasteiger partial charge in [0, 0.05) is 98.3 Å². The van der Waals surface area contributed by atoms with E-state index in [-0.39, 0.29) is 30.2 Å². The fraction of sp³-hybridized carbons (Fsp3) is 0.467. The number of aliphatic hydroxyl groups is 2. The number of aliphatic hydroxyl groups excluding tert-OH is 1. The first kappa shape index (κ1) is 40.5. The van der Waals surface area contributed by atoms with Gasteiger partial charge in [-0.25, -0.2) is 4.52 Å². The Morgan fingerprint density at radius 1 is 0.967 bits per heavy atom. The van der Waals surface area contributed by atoms with E-state index in [2.05, 4.69) is 52.7 Å². The number of carbonyl (C=O) groups excluding carboxylic acids is 3. The number of piperazine rings is 1. The third kappa shape index (κ3) is 8.56. The SMILES string of the molecule is CC(C)(O)c1cc2nn(C3CCC(N4CCN(CC5CN(c6cccc(C(=O)N[C@H]7CCC(=O)NC7O)c6)C5)CC4)CC3)cc2cc1NC(=O)c1ccc2cc(C#N)cnn12. The lowest BCUT2D eigenvalue weighted by molar-refractivity contribution is -0.127. The molecule has 5 aromatic rings. The number of hydrogen-bond acceptors (Lipinski definition) is 11. The Morgan fingerprint density at radius 3 is 2.48 bits per heavy atom. The van der Waals surface area contributed by atoms with Crippen molar-refractivity contribution in [2.75, 3.05) is 56.0 Å². The normalized spacial score (nSPS) is 23.1. The monoisotopic (exact) mass is 827 g/mol. The van der Waals surface area contributed by atoms with Gasteiger partial charge in [0.25, 0.3) is 11.8 Å². The van der Waals surface area contributed by atoms with Gasteiger partial charge in [0.2, 0.25) is 5.91 Å². The molecule has 1 saturated carbocycles. The number of piperidine rings is 1. The van der Waals surface area contributed by atoms with E-state index < -0.39 is 17.9 Å². The number of benzene rings is 2. The molecule has 1 aliphatic carbocycles. The minimum absolute atomic E-state index is 0.207. The summed E-state index contributed by atoms with van der Waals surface area (Å²) in [6.45, 7) is 10.6. The van der Waals surface area contributed by atoms with Crippen LogP contribution in [0, 0.1) is 17.2 Å². The Labute approximate surface area is 354 Å². The van der Waals surface area contributed by atoms with Gasteiger partial charge in [-0.3, -0.25) is 24.0 Å². The van der Waals surface area contributed by atoms with Crippen molar-refractivity contribution in [2.45, 2.75) is 82.3 Å². The van der Waals surface area contributed by atoms with Crippen molar-refractivity contribution in [1.82, 2.24) is 39.8 Å². The second-order valence-electron chi connectivity index (χ2n) is 17.7. The van der Waals surface area contributed by atoms with Crippen molar-refractivity contribution in [3.05, 3.63) is 89.4 Å². The van der Waals surface area contributed by atoms with Gasteiger partial charge in [-0.05, 0) is 94.5 Å². The molecule has 6 heterocycles. The van der Waals surface area contributed by atoms with Crippen molar-refractivity contribution in [3.8, 4) is 6.07 Å². The van der Waals surface area contributed by atoms with Crippen LogP contribution in [0.3, 0.4) is 0 Å². The predicted molar refractivity (Wildman–Crippen MR) is 229 cm³/mol. The second-order valence-corrected chi connectivity index (χ2v) is 17.7. The van der Waals surface area contributed by atoms with Gasteiger partial charge in [0.15, 0.2) is 0 Å². The number of nitrogens with zero attached hydrogens (tertiary/aromatic N) is 8. The minimum atomic E-state index is -1.24. The molecule has 9 rings (SSSR count). The Morgan fingerprint density at radius 2 is 1.74 bits per heavy atom. The predicted octanol–water partition coefficient (Wildman–Crippen LogP) is 3.60. The fourth-order valence-corrected chi connectivity index (χ4v) is 9.60. The smallest absolute Gasteiger partial charge is 0.274 e. The summed E-state index contributed by atoms with van der Waals surface area (Å²) in [7, 11) is 0. The molecule has 4 fully saturated rings. The Balaban J connectivity index is 0.749. The molecule has 2 aromatic carbocycles. The number of aromatic nitrogens is 4. The summed E-state index contributed by atoms with van der Waals surface area (Å²) in [6, 6.07) is 18.9. The van der Waals surface area contributed by atoms with Gasteiger partial charge in [-0.2, -0.15) is 15.5 Å². The number of carbonyl (C=O) groups is 3. The van der Waals surface area contributed by atoms with Crippen molar-refractivity contribution >= 4 is 45.5 Å². The zero-order valence-corrected chi connectivity index (χ0v) is 34.6. The van der Waals surface area contributed by atoms with Crippen molar-refractivity contribution in [2.24, 2.45) is 5.92 Å². The molecule has 0 radical (unpaired) electrons. The molecular weight excluding hydrogens is 775 g/mol. The average molecular weight is 828 g/mol. The zero-order valence-electron chi connectivity index (χ0n) is 34.6. The Kier molecular flexibility index (Phi) is 11.0. The number of rotatable bonds is 10. The highest BCUT2D eigenvalue weighted by molar-refractivity contribution is 6.05. The van der Waals surface area contributed by atoms with E-state index in [1.54, 1.807) is 38.1 Å². The van der Waals surface area contributed by atoms with Crippen molar-refractivity contribution in [3.63, 3.8) is 0 Å². The molecule has 16 nitrogen and oxygen atoms in total. The highest BCUT2D eigenvalue weighted by Gasteiger charge is 2.34. The number of nitrogens with one attached hydrogen (secondary N) is 3. The van der Waals surface area contributed by atoms with E-state index in [9.17, 15) is 29.9 Å². The highest BCUT2D eigenvalue weighted by Crippen LogP contribution is 2.36. The Bertz CT molecular complexity index is 2500. The second kappa shape index (κ2) is 16.5. The summed E-state index contributed by atoms with van der Waals surface area (Å²) < 4.78 is 3.58. The lowest BCUT2D eigenvalue weighted by atomic mass is 9.90. The summed E-state index contributed by atoms with van der Waals surface area (Å²) in [5, 5.41) is 49.0. The maximum Gasteiger partial charge on any atom is 0.274 e. The first-order valence-corrected chi connectivity index (χ1v) is 21.4. The van der Waals surface area contributed by atoms with Crippen LogP contribution >= 0.6 is 0 Å². The molecule has 3 aliphatic heterocycles. The maximum atomic E-state index is 13.5. The quantitative estimate of drug-likeness (QED) is 0.138. The number of amides is 3. The van der Waals surface area contributed by atoms with Crippen molar-refractivity contribution in [1.29, 1.82) is 5.26 Å². The van der Waals surface area contributed by atoms with Crippen LogP contribution in [0.1, 0.15) is 90.4 Å². The summed E-state index contributed by atoms with van der Waals surface area (Å²) in [6.07, 6.45) is 7.38. The maximum absolute atomic E-state index is 13.5. The fourth-order valence-electron chi connectivity index (χ4n) is 9.60. The molecule has 0 spiro atoms. The zero-order chi connectivity index (χ0) is 42.4. The first-order valence-electron chi connectivity index (χ1n) is 21.4. The number of fused-ring (bicyclic) bond motifs is 2. The molecule has 318 valence electrons. The van der Waals surface area contributed by atoms with Crippen LogP contribution < -0.4 is 20.9 Å². The number of anilines is 2. The lowest BCUT2D eigenvalue weighted by Crippen LogP contribution is -2.56. The minimum Gasteiger partial charge on any atom is -0.386 e. The average Bonchev–Trinajstić information content (AvgIpc) is 3.87. The third-order valence-electron chi connectivity index (χ3n) is 13.0. The summed E-state index contributed by atoms with van der Waals surface area (Å²) in [5.41, 5.74) is 3.56. The van der Waals surface area contributed by atoms with Crippen LogP contribution in [0.2, 0.25) is 0 Å². The van der Waals surface area contributed by atoms with Crippen LogP contribution in [0.15, 0.2) is 67.0 Å². The molecule has 3 amide bonds. The van der Waals surface area contributed by atoms with Gasteiger partial charge in [-0.15, -0.1) is 0 Å². The molecule has 4 aliphatic rings. The third-order valence-corrected chi connectivity index (χ3v) is 13.0. The molecule has 3 aromatic heterocycles. The van der Waals surface area contributed by atoms with E-state index in [1.165, 1.54) is 10.7 Å². The number of hydrogen-bond donors (Lipinski definition) is 5. The molecule has 0 bridgehead atoms. The molecule has 3 saturated heterocycles. The van der Waals surface area contributed by atoms with E-state index in [0.29, 0.717) is 52.0 Å².